The first kappa shape index (κ1) is 35.8. The normalized spacial score (nSPS) is 11.3. The van der Waals surface area contributed by atoms with Gasteiger partial charge in [-0.25, -0.2) is 24.9 Å². The van der Waals surface area contributed by atoms with E-state index in [1.807, 2.05) is 78.9 Å². The average molecular weight is 781 g/mol. The first-order valence-corrected chi connectivity index (χ1v) is 20.3. The molecule has 0 aliphatic carbocycles. The molecule has 0 unspecified atom stereocenters. The lowest BCUT2D eigenvalue weighted by Gasteiger charge is -2.12. The summed E-state index contributed by atoms with van der Waals surface area (Å²) >= 11 is 0. The van der Waals surface area contributed by atoms with E-state index in [1.165, 1.54) is 5.39 Å². The molecule has 0 radical (unpaired) electrons. The number of hydrogen-bond acceptors (Lipinski definition) is 5. The predicted octanol–water partition coefficient (Wildman–Crippen LogP) is 13.4. The minimum absolute atomic E-state index is 0.613. The summed E-state index contributed by atoms with van der Waals surface area (Å²) in [6.07, 6.45) is 0. The van der Waals surface area contributed by atoms with E-state index >= 15 is 0 Å². The molecule has 286 valence electrons. The molecule has 6 nitrogen and oxygen atoms in total. The molecule has 0 aliphatic heterocycles. The van der Waals surface area contributed by atoms with Crippen molar-refractivity contribution in [1.29, 1.82) is 0 Å². The second-order valence-electron chi connectivity index (χ2n) is 14.9. The van der Waals surface area contributed by atoms with Gasteiger partial charge >= 0.3 is 0 Å². The monoisotopic (exact) mass is 780 g/mol. The molecular formula is C55H36N6. The van der Waals surface area contributed by atoms with E-state index in [1.54, 1.807) is 0 Å². The molecule has 0 N–H and O–H groups in total. The maximum absolute atomic E-state index is 5.28. The quantitative estimate of drug-likeness (QED) is 0.154. The van der Waals surface area contributed by atoms with E-state index in [4.69, 9.17) is 24.9 Å². The Bertz CT molecular complexity index is 3290. The molecule has 0 amide bonds. The fraction of sp³-hybridized carbons (Fsp3) is 0. The van der Waals surface area contributed by atoms with Gasteiger partial charge in [-0.3, -0.25) is 0 Å². The highest BCUT2D eigenvalue weighted by molar-refractivity contribution is 6.10. The predicted molar refractivity (Wildman–Crippen MR) is 248 cm³/mol. The van der Waals surface area contributed by atoms with Gasteiger partial charge in [0.25, 0.3) is 0 Å². The summed E-state index contributed by atoms with van der Waals surface area (Å²) in [7, 11) is 0. The average Bonchev–Trinajstić information content (AvgIpc) is 3.68. The Balaban J connectivity index is 1.01. The molecule has 0 spiro atoms. The van der Waals surface area contributed by atoms with Gasteiger partial charge in [0, 0.05) is 49.8 Å². The van der Waals surface area contributed by atoms with Gasteiger partial charge in [0.1, 0.15) is 0 Å². The maximum Gasteiger partial charge on any atom is 0.164 e. The molecule has 61 heavy (non-hydrogen) atoms. The number of hydrogen-bond donors (Lipinski definition) is 0. The zero-order valence-electron chi connectivity index (χ0n) is 33.0. The highest BCUT2D eigenvalue weighted by Gasteiger charge is 2.17. The van der Waals surface area contributed by atoms with Crippen molar-refractivity contribution >= 4 is 21.8 Å². The van der Waals surface area contributed by atoms with Crippen LogP contribution >= 0.6 is 0 Å². The molecule has 0 aliphatic rings. The van der Waals surface area contributed by atoms with Crippen LogP contribution in [0.25, 0.3) is 107 Å². The van der Waals surface area contributed by atoms with Crippen LogP contribution in [0.5, 0.6) is 0 Å². The lowest BCUT2D eigenvalue weighted by atomic mass is 9.99. The van der Waals surface area contributed by atoms with Crippen LogP contribution in [-0.4, -0.2) is 29.5 Å². The van der Waals surface area contributed by atoms with Crippen LogP contribution < -0.4 is 0 Å². The minimum atomic E-state index is 0.613. The molecule has 11 rings (SSSR count). The van der Waals surface area contributed by atoms with E-state index in [9.17, 15) is 0 Å². The van der Waals surface area contributed by atoms with Gasteiger partial charge in [0.2, 0.25) is 0 Å². The fourth-order valence-corrected chi connectivity index (χ4v) is 8.08. The SMILES string of the molecule is c1ccc(-c2cc(-c3cccc(-c4cccc(-c5nc(-c6ccccc6)nc(-c6ccccc6)n5)c4)c3)nc(-c3ccc4c(c3)c3ccccc3n4-c3ccccc3)n2)cc1. The van der Waals surface area contributed by atoms with Crippen molar-refractivity contribution in [2.75, 3.05) is 0 Å². The van der Waals surface area contributed by atoms with Crippen molar-refractivity contribution in [2.24, 2.45) is 0 Å². The summed E-state index contributed by atoms with van der Waals surface area (Å²) in [5, 5.41) is 2.33. The smallest absolute Gasteiger partial charge is 0.164 e. The first-order valence-electron chi connectivity index (χ1n) is 20.3. The van der Waals surface area contributed by atoms with Crippen molar-refractivity contribution in [3.8, 4) is 84.9 Å². The summed E-state index contributed by atoms with van der Waals surface area (Å²) in [6.45, 7) is 0. The van der Waals surface area contributed by atoms with E-state index in [2.05, 4.69) is 144 Å². The Hall–Kier alpha value is -8.35. The number of fused-ring (bicyclic) bond motifs is 3. The zero-order valence-corrected chi connectivity index (χ0v) is 33.0. The molecule has 0 saturated heterocycles. The summed E-state index contributed by atoms with van der Waals surface area (Å²) < 4.78 is 2.33. The minimum Gasteiger partial charge on any atom is -0.309 e. The maximum atomic E-state index is 5.28. The molecular weight excluding hydrogens is 745 g/mol. The largest absolute Gasteiger partial charge is 0.309 e. The lowest BCUT2D eigenvalue weighted by Crippen LogP contribution is -2.00. The van der Waals surface area contributed by atoms with Crippen molar-refractivity contribution in [1.82, 2.24) is 29.5 Å². The number of para-hydroxylation sites is 2. The van der Waals surface area contributed by atoms with Gasteiger partial charge in [-0.2, -0.15) is 0 Å². The molecule has 11 aromatic rings. The zero-order chi connectivity index (χ0) is 40.5. The van der Waals surface area contributed by atoms with Crippen molar-refractivity contribution in [3.63, 3.8) is 0 Å². The van der Waals surface area contributed by atoms with Gasteiger partial charge in [0.15, 0.2) is 23.3 Å². The molecule has 0 bridgehead atoms. The highest BCUT2D eigenvalue weighted by Crippen LogP contribution is 2.36. The Morgan fingerprint density at radius 2 is 0.672 bits per heavy atom. The molecule has 8 aromatic carbocycles. The molecule has 6 heteroatoms. The van der Waals surface area contributed by atoms with Gasteiger partial charge in [-0.05, 0) is 65.7 Å². The molecule has 3 aromatic heterocycles. The second kappa shape index (κ2) is 15.4. The third-order valence-electron chi connectivity index (χ3n) is 11.1. The fourth-order valence-electron chi connectivity index (χ4n) is 8.08. The number of benzene rings is 8. The van der Waals surface area contributed by atoms with Gasteiger partial charge in [-0.1, -0.05) is 164 Å². The van der Waals surface area contributed by atoms with Crippen molar-refractivity contribution < 1.29 is 0 Å². The Kier molecular flexibility index (Phi) is 9.06. The third-order valence-corrected chi connectivity index (χ3v) is 11.1. The van der Waals surface area contributed by atoms with Crippen LogP contribution in [0.2, 0.25) is 0 Å². The van der Waals surface area contributed by atoms with Crippen LogP contribution in [0, 0.1) is 0 Å². The summed E-state index contributed by atoms with van der Waals surface area (Å²) in [4.78, 5) is 25.3. The first-order chi connectivity index (χ1) is 30.2. The number of aromatic nitrogens is 6. The summed E-state index contributed by atoms with van der Waals surface area (Å²) in [5.74, 6) is 2.54. The van der Waals surface area contributed by atoms with E-state index in [0.717, 1.165) is 78.0 Å². The number of rotatable bonds is 8. The van der Waals surface area contributed by atoms with Crippen molar-refractivity contribution in [3.05, 3.63) is 218 Å². The molecule has 0 saturated carbocycles. The summed E-state index contributed by atoms with van der Waals surface area (Å²) in [5.41, 5.74) is 13.0. The Morgan fingerprint density at radius 3 is 1.31 bits per heavy atom. The molecule has 3 heterocycles. The summed E-state index contributed by atoms with van der Waals surface area (Å²) in [6, 6.07) is 75.2. The van der Waals surface area contributed by atoms with E-state index in [0.29, 0.717) is 23.3 Å². The molecule has 0 fully saturated rings. The van der Waals surface area contributed by atoms with Gasteiger partial charge in [0.05, 0.1) is 22.4 Å². The standard InChI is InChI=1S/C55H36N6/c1-5-17-37(18-6-1)48-36-49(57-54(56-48)44-31-32-51-47(35-44)46-29-13-14-30-50(46)61(51)45-27-11-4-12-28-45)42-25-15-23-40(33-42)41-24-16-26-43(34-41)55-59-52(38-19-7-2-8-20-38)58-53(60-55)39-21-9-3-10-22-39/h1-36H. The third kappa shape index (κ3) is 6.92. The topological polar surface area (TPSA) is 69.4 Å². The van der Waals surface area contributed by atoms with Gasteiger partial charge < -0.3 is 4.57 Å². The van der Waals surface area contributed by atoms with Crippen LogP contribution in [0.1, 0.15) is 0 Å². The van der Waals surface area contributed by atoms with Crippen molar-refractivity contribution in [2.45, 2.75) is 0 Å². The number of nitrogens with zero attached hydrogens (tertiary/aromatic N) is 6. The highest BCUT2D eigenvalue weighted by atomic mass is 15.0. The van der Waals surface area contributed by atoms with Gasteiger partial charge in [-0.15, -0.1) is 0 Å². The van der Waals surface area contributed by atoms with Crippen LogP contribution in [-0.2, 0) is 0 Å². The Labute approximate surface area is 353 Å². The van der Waals surface area contributed by atoms with E-state index in [-0.39, 0.29) is 0 Å². The molecule has 0 atom stereocenters. The second-order valence-corrected chi connectivity index (χ2v) is 14.9. The van der Waals surface area contributed by atoms with Crippen LogP contribution in [0.15, 0.2) is 218 Å². The lowest BCUT2D eigenvalue weighted by molar-refractivity contribution is 1.07. The van der Waals surface area contributed by atoms with E-state index < -0.39 is 0 Å². The van der Waals surface area contributed by atoms with Crippen LogP contribution in [0.3, 0.4) is 0 Å². The Morgan fingerprint density at radius 1 is 0.246 bits per heavy atom. The van der Waals surface area contributed by atoms with Crippen LogP contribution in [0.4, 0.5) is 0 Å².